The summed E-state index contributed by atoms with van der Waals surface area (Å²) in [6.07, 6.45) is 1.88. The quantitative estimate of drug-likeness (QED) is 0.608. The van der Waals surface area contributed by atoms with Crippen LogP contribution in [0.3, 0.4) is 0 Å². The van der Waals surface area contributed by atoms with Gasteiger partial charge in [0.25, 0.3) is 0 Å². The molecule has 3 aromatic rings. The van der Waals surface area contributed by atoms with E-state index >= 15 is 0 Å². The molecule has 0 aliphatic carbocycles. The lowest BCUT2D eigenvalue weighted by molar-refractivity contribution is -0.766. The Hall–Kier alpha value is -2.49. The summed E-state index contributed by atoms with van der Waals surface area (Å²) in [6, 6.07) is 27.6. The number of halogens is 1. The van der Waals surface area contributed by atoms with Crippen molar-refractivity contribution in [2.24, 2.45) is 11.8 Å². The standard InChI is InChI=1S/C27H30FNO/c1-3-10-24-26(21-13-8-5-9-14-21)29-25(20-11-6-4-7-12-20)19(2)27(24,30)22-15-17-23(28)18-16-22/h4-9,11-19,24-26,29-30H,3,10H2,1-2H3/p+1. The molecule has 1 fully saturated rings. The van der Waals surface area contributed by atoms with Gasteiger partial charge in [-0.25, -0.2) is 4.39 Å². The highest BCUT2D eigenvalue weighted by Gasteiger charge is 2.56. The Balaban J connectivity index is 1.88. The number of piperidine rings is 1. The zero-order valence-corrected chi connectivity index (χ0v) is 17.7. The van der Waals surface area contributed by atoms with E-state index in [-0.39, 0.29) is 29.7 Å². The second-order valence-corrected chi connectivity index (χ2v) is 8.58. The zero-order valence-electron chi connectivity index (χ0n) is 17.7. The molecule has 1 heterocycles. The van der Waals surface area contributed by atoms with Gasteiger partial charge in [0.1, 0.15) is 23.5 Å². The fraction of sp³-hybridized carbons (Fsp3) is 0.333. The Morgan fingerprint density at radius 3 is 1.90 bits per heavy atom. The molecule has 4 rings (SSSR count). The van der Waals surface area contributed by atoms with Crippen molar-refractivity contribution in [2.75, 3.05) is 0 Å². The van der Waals surface area contributed by atoms with Gasteiger partial charge in [-0.05, 0) is 24.1 Å². The van der Waals surface area contributed by atoms with Gasteiger partial charge >= 0.3 is 0 Å². The third kappa shape index (κ3) is 3.68. The van der Waals surface area contributed by atoms with Crippen LogP contribution >= 0.6 is 0 Å². The maximum absolute atomic E-state index is 13.7. The van der Waals surface area contributed by atoms with Gasteiger partial charge in [-0.3, -0.25) is 0 Å². The van der Waals surface area contributed by atoms with E-state index in [2.05, 4.69) is 67.7 Å². The summed E-state index contributed by atoms with van der Waals surface area (Å²) in [4.78, 5) is 0. The minimum atomic E-state index is -1.06. The lowest BCUT2D eigenvalue weighted by Crippen LogP contribution is -2.93. The maximum Gasteiger partial charge on any atom is 0.123 e. The molecular formula is C27H31FNO+. The molecular weight excluding hydrogens is 373 g/mol. The molecule has 0 aromatic heterocycles. The van der Waals surface area contributed by atoms with Crippen molar-refractivity contribution >= 4 is 0 Å². The summed E-state index contributed by atoms with van der Waals surface area (Å²) in [5.74, 6) is -0.296. The number of rotatable bonds is 5. The van der Waals surface area contributed by atoms with Crippen LogP contribution in [0.25, 0.3) is 0 Å². The van der Waals surface area contributed by atoms with Gasteiger partial charge in [-0.2, -0.15) is 0 Å². The molecule has 5 unspecified atom stereocenters. The molecule has 3 N–H and O–H groups in total. The first-order valence-electron chi connectivity index (χ1n) is 11.0. The van der Waals surface area contributed by atoms with Crippen LogP contribution in [0.15, 0.2) is 84.9 Å². The van der Waals surface area contributed by atoms with Crippen molar-refractivity contribution in [2.45, 2.75) is 44.4 Å². The molecule has 30 heavy (non-hydrogen) atoms. The van der Waals surface area contributed by atoms with Gasteiger partial charge in [-0.15, -0.1) is 0 Å². The number of hydrogen-bond donors (Lipinski definition) is 2. The number of quaternary nitrogens is 1. The van der Waals surface area contributed by atoms with Crippen LogP contribution < -0.4 is 5.32 Å². The van der Waals surface area contributed by atoms with E-state index in [0.717, 1.165) is 18.4 Å². The zero-order chi connectivity index (χ0) is 21.1. The third-order valence-electron chi connectivity index (χ3n) is 6.92. The van der Waals surface area contributed by atoms with Gasteiger partial charge in [-0.1, -0.05) is 93.1 Å². The van der Waals surface area contributed by atoms with E-state index in [9.17, 15) is 9.50 Å². The average Bonchev–Trinajstić information content (AvgIpc) is 2.79. The number of benzene rings is 3. The second kappa shape index (κ2) is 8.71. The molecule has 0 radical (unpaired) electrons. The van der Waals surface area contributed by atoms with Crippen LogP contribution in [-0.4, -0.2) is 5.11 Å². The predicted molar refractivity (Wildman–Crippen MR) is 118 cm³/mol. The van der Waals surface area contributed by atoms with E-state index in [1.807, 2.05) is 12.1 Å². The van der Waals surface area contributed by atoms with E-state index < -0.39 is 5.60 Å². The first kappa shape index (κ1) is 20.8. The molecule has 0 spiro atoms. The Labute approximate surface area is 178 Å². The molecule has 1 aliphatic rings. The van der Waals surface area contributed by atoms with E-state index in [4.69, 9.17) is 0 Å². The Bertz CT molecular complexity index is 944. The second-order valence-electron chi connectivity index (χ2n) is 8.58. The van der Waals surface area contributed by atoms with Crippen LogP contribution in [-0.2, 0) is 5.60 Å². The molecule has 156 valence electrons. The van der Waals surface area contributed by atoms with Crippen molar-refractivity contribution < 1.29 is 14.8 Å². The topological polar surface area (TPSA) is 36.8 Å². The van der Waals surface area contributed by atoms with Gasteiger partial charge in [0.15, 0.2) is 0 Å². The minimum Gasteiger partial charge on any atom is -0.384 e. The summed E-state index contributed by atoms with van der Waals surface area (Å²) in [6.45, 7) is 4.31. The van der Waals surface area contributed by atoms with Gasteiger partial charge in [0, 0.05) is 23.0 Å². The van der Waals surface area contributed by atoms with Crippen LogP contribution in [0, 0.1) is 17.7 Å². The fourth-order valence-corrected chi connectivity index (χ4v) is 5.41. The summed E-state index contributed by atoms with van der Waals surface area (Å²) < 4.78 is 13.7. The average molecular weight is 405 g/mol. The summed E-state index contributed by atoms with van der Waals surface area (Å²) in [5, 5.41) is 14.9. The molecule has 1 aliphatic heterocycles. The van der Waals surface area contributed by atoms with Crippen molar-refractivity contribution in [1.29, 1.82) is 0 Å². The van der Waals surface area contributed by atoms with Crippen LogP contribution in [0.1, 0.15) is 55.5 Å². The number of aliphatic hydroxyl groups is 1. The summed E-state index contributed by atoms with van der Waals surface area (Å²) in [7, 11) is 0. The molecule has 3 aromatic carbocycles. The first-order valence-corrected chi connectivity index (χ1v) is 11.0. The highest BCUT2D eigenvalue weighted by Crippen LogP contribution is 2.50. The highest BCUT2D eigenvalue weighted by atomic mass is 19.1. The van der Waals surface area contributed by atoms with E-state index in [1.54, 1.807) is 12.1 Å². The largest absolute Gasteiger partial charge is 0.384 e. The Morgan fingerprint density at radius 1 is 0.833 bits per heavy atom. The van der Waals surface area contributed by atoms with Crippen LogP contribution in [0.4, 0.5) is 4.39 Å². The maximum atomic E-state index is 13.7. The molecule has 1 saturated heterocycles. The molecule has 0 saturated carbocycles. The number of nitrogens with two attached hydrogens (primary N) is 1. The third-order valence-corrected chi connectivity index (χ3v) is 6.92. The van der Waals surface area contributed by atoms with Gasteiger partial charge in [0.05, 0.1) is 0 Å². The smallest absolute Gasteiger partial charge is 0.123 e. The number of hydrogen-bond acceptors (Lipinski definition) is 1. The first-order chi connectivity index (χ1) is 14.6. The van der Waals surface area contributed by atoms with Crippen molar-refractivity contribution in [3.8, 4) is 0 Å². The molecule has 5 atom stereocenters. The normalized spacial score (nSPS) is 28.9. The van der Waals surface area contributed by atoms with E-state index in [1.165, 1.54) is 23.3 Å². The van der Waals surface area contributed by atoms with Crippen molar-refractivity contribution in [3.63, 3.8) is 0 Å². The predicted octanol–water partition coefficient (Wildman–Crippen LogP) is 5.13. The van der Waals surface area contributed by atoms with Crippen LogP contribution in [0.5, 0.6) is 0 Å². The minimum absolute atomic E-state index is 0.0188. The lowest BCUT2D eigenvalue weighted by Gasteiger charge is -2.51. The van der Waals surface area contributed by atoms with Gasteiger partial charge < -0.3 is 10.4 Å². The van der Waals surface area contributed by atoms with Crippen molar-refractivity contribution in [1.82, 2.24) is 0 Å². The summed E-state index contributed by atoms with van der Waals surface area (Å²) in [5.41, 5.74) is 2.19. The monoisotopic (exact) mass is 404 g/mol. The Morgan fingerprint density at radius 2 is 1.37 bits per heavy atom. The van der Waals surface area contributed by atoms with Gasteiger partial charge in [0.2, 0.25) is 0 Å². The fourth-order valence-electron chi connectivity index (χ4n) is 5.41. The molecule has 0 amide bonds. The Kier molecular flexibility index (Phi) is 6.03. The van der Waals surface area contributed by atoms with E-state index in [0.29, 0.717) is 0 Å². The molecule has 3 heteroatoms. The SMILES string of the molecule is CCCC1C(c2ccccc2)[NH2+]C(c2ccccc2)C(C)C1(O)c1ccc(F)cc1. The lowest BCUT2D eigenvalue weighted by atomic mass is 9.61. The van der Waals surface area contributed by atoms with Crippen molar-refractivity contribution in [3.05, 3.63) is 107 Å². The summed E-state index contributed by atoms with van der Waals surface area (Å²) >= 11 is 0. The molecule has 2 nitrogen and oxygen atoms in total. The van der Waals surface area contributed by atoms with Crippen LogP contribution in [0.2, 0.25) is 0 Å². The molecule has 0 bridgehead atoms. The highest BCUT2D eigenvalue weighted by molar-refractivity contribution is 5.31.